The highest BCUT2D eigenvalue weighted by atomic mass is 19.1. The first-order valence-corrected chi connectivity index (χ1v) is 8.59. The Morgan fingerprint density at radius 2 is 2.12 bits per heavy atom. The number of nitrogens with zero attached hydrogens (tertiary/aromatic N) is 1. The molecule has 0 aromatic heterocycles. The minimum Gasteiger partial charge on any atom is -0.389 e. The molecule has 1 unspecified atom stereocenters. The Balaban J connectivity index is 1.64. The Bertz CT molecular complexity index is 519. The molecular weight excluding hydrogens is 311 g/mol. The van der Waals surface area contributed by atoms with Gasteiger partial charge in [0.25, 0.3) is 0 Å². The average Bonchev–Trinajstić information content (AvgIpc) is 2.57. The molecule has 0 radical (unpaired) electrons. The lowest BCUT2D eigenvalue weighted by atomic mass is 9.96. The third-order valence-corrected chi connectivity index (χ3v) is 4.30. The first kappa shape index (κ1) is 18.8. The number of halogens is 1. The van der Waals surface area contributed by atoms with Crippen LogP contribution in [-0.4, -0.2) is 54.8 Å². The zero-order valence-electron chi connectivity index (χ0n) is 14.2. The lowest BCUT2D eigenvalue weighted by Gasteiger charge is -2.32. The predicted molar refractivity (Wildman–Crippen MR) is 89.9 cm³/mol. The van der Waals surface area contributed by atoms with Gasteiger partial charge in [-0.2, -0.15) is 0 Å². The predicted octanol–water partition coefficient (Wildman–Crippen LogP) is 1.55. The second kappa shape index (κ2) is 9.71. The number of likely N-dealkylation sites (tertiary alicyclic amines) is 1. The molecule has 134 valence electrons. The number of β-amino-alcohol motifs (C(OH)–C–C–N with tert-alkyl or cyclic N) is 1. The van der Waals surface area contributed by atoms with Crippen molar-refractivity contribution in [1.29, 1.82) is 0 Å². The number of piperidine rings is 1. The first-order valence-electron chi connectivity index (χ1n) is 8.59. The van der Waals surface area contributed by atoms with E-state index in [4.69, 9.17) is 4.74 Å². The number of amides is 1. The summed E-state index contributed by atoms with van der Waals surface area (Å²) in [5, 5.41) is 12.9. The van der Waals surface area contributed by atoms with Crippen LogP contribution in [0.1, 0.15) is 25.3 Å². The molecule has 1 fully saturated rings. The molecule has 1 amide bonds. The van der Waals surface area contributed by atoms with Crippen molar-refractivity contribution in [2.45, 2.75) is 32.5 Å². The van der Waals surface area contributed by atoms with Gasteiger partial charge in [0.15, 0.2) is 0 Å². The number of carbonyl (C=O) groups excluding carboxylic acids is 1. The van der Waals surface area contributed by atoms with Gasteiger partial charge in [-0.3, -0.25) is 4.79 Å². The van der Waals surface area contributed by atoms with E-state index >= 15 is 0 Å². The van der Waals surface area contributed by atoms with E-state index in [0.717, 1.165) is 25.9 Å². The zero-order chi connectivity index (χ0) is 17.4. The molecule has 1 saturated heterocycles. The number of aliphatic hydroxyl groups excluding tert-OH is 1. The summed E-state index contributed by atoms with van der Waals surface area (Å²) in [4.78, 5) is 13.9. The molecule has 1 aromatic rings. The van der Waals surface area contributed by atoms with Crippen LogP contribution in [0.2, 0.25) is 0 Å². The molecule has 0 bridgehead atoms. The van der Waals surface area contributed by atoms with Gasteiger partial charge in [0.2, 0.25) is 5.91 Å². The third-order valence-electron chi connectivity index (χ3n) is 4.30. The fraction of sp³-hybridized carbons (Fsp3) is 0.611. The van der Waals surface area contributed by atoms with Crippen LogP contribution < -0.4 is 5.32 Å². The van der Waals surface area contributed by atoms with Gasteiger partial charge in [0, 0.05) is 24.6 Å². The minimum absolute atomic E-state index is 0.0793. The van der Waals surface area contributed by atoms with Crippen LogP contribution in [0.15, 0.2) is 24.3 Å². The lowest BCUT2D eigenvalue weighted by molar-refractivity contribution is -0.126. The SMILES string of the molecule is CCNC(=O)C1CCN(CC(O)COCc2ccccc2F)CC1. The molecule has 1 heterocycles. The molecule has 1 aliphatic heterocycles. The van der Waals surface area contributed by atoms with Crippen LogP contribution in [0.5, 0.6) is 0 Å². The molecule has 1 atom stereocenters. The van der Waals surface area contributed by atoms with Gasteiger partial charge < -0.3 is 20.1 Å². The monoisotopic (exact) mass is 338 g/mol. The fourth-order valence-corrected chi connectivity index (χ4v) is 2.97. The maximum atomic E-state index is 13.5. The number of hydrogen-bond donors (Lipinski definition) is 2. The van der Waals surface area contributed by atoms with Gasteiger partial charge in [-0.15, -0.1) is 0 Å². The van der Waals surface area contributed by atoms with E-state index in [-0.39, 0.29) is 30.9 Å². The van der Waals surface area contributed by atoms with Crippen LogP contribution in [0.25, 0.3) is 0 Å². The standard InChI is InChI=1S/C18H27FN2O3/c1-2-20-18(23)14-7-9-21(10-8-14)11-16(22)13-24-12-15-5-3-4-6-17(15)19/h3-6,14,16,22H,2,7-13H2,1H3,(H,20,23). The summed E-state index contributed by atoms with van der Waals surface area (Å²) in [5.41, 5.74) is 0.493. The first-order chi connectivity index (χ1) is 11.6. The lowest BCUT2D eigenvalue weighted by Crippen LogP contribution is -2.43. The van der Waals surface area contributed by atoms with Crippen molar-refractivity contribution in [1.82, 2.24) is 10.2 Å². The van der Waals surface area contributed by atoms with Gasteiger partial charge >= 0.3 is 0 Å². The molecule has 2 rings (SSSR count). The van der Waals surface area contributed by atoms with Crippen molar-refractivity contribution >= 4 is 5.91 Å². The number of benzene rings is 1. The Hall–Kier alpha value is -1.50. The van der Waals surface area contributed by atoms with E-state index in [0.29, 0.717) is 18.7 Å². The Morgan fingerprint density at radius 3 is 2.79 bits per heavy atom. The number of hydrogen-bond acceptors (Lipinski definition) is 4. The number of nitrogens with one attached hydrogen (secondary N) is 1. The summed E-state index contributed by atoms with van der Waals surface area (Å²) >= 11 is 0. The minimum atomic E-state index is -0.613. The third kappa shape index (κ3) is 5.85. The normalized spacial score (nSPS) is 17.6. The highest BCUT2D eigenvalue weighted by Crippen LogP contribution is 2.17. The molecule has 6 heteroatoms. The summed E-state index contributed by atoms with van der Waals surface area (Å²) in [7, 11) is 0. The summed E-state index contributed by atoms with van der Waals surface area (Å²) in [6, 6.07) is 6.47. The van der Waals surface area contributed by atoms with E-state index in [1.54, 1.807) is 18.2 Å². The van der Waals surface area contributed by atoms with E-state index in [1.807, 2.05) is 6.92 Å². The molecular formula is C18H27FN2O3. The van der Waals surface area contributed by atoms with Gasteiger partial charge in [-0.25, -0.2) is 4.39 Å². The molecule has 24 heavy (non-hydrogen) atoms. The van der Waals surface area contributed by atoms with Crippen LogP contribution in [-0.2, 0) is 16.1 Å². The van der Waals surface area contributed by atoms with Crippen molar-refractivity contribution in [2.75, 3.05) is 32.8 Å². The van der Waals surface area contributed by atoms with Gasteiger partial charge in [0.1, 0.15) is 5.82 Å². The molecule has 0 saturated carbocycles. The van der Waals surface area contributed by atoms with Crippen molar-refractivity contribution in [3.63, 3.8) is 0 Å². The average molecular weight is 338 g/mol. The second-order valence-electron chi connectivity index (χ2n) is 6.23. The summed E-state index contributed by atoms with van der Waals surface area (Å²) in [6.45, 7) is 5.02. The largest absolute Gasteiger partial charge is 0.389 e. The van der Waals surface area contributed by atoms with Crippen molar-refractivity contribution in [2.24, 2.45) is 5.92 Å². The maximum Gasteiger partial charge on any atom is 0.223 e. The molecule has 0 spiro atoms. The smallest absolute Gasteiger partial charge is 0.223 e. The molecule has 0 aliphatic carbocycles. The van der Waals surface area contributed by atoms with Crippen molar-refractivity contribution in [3.05, 3.63) is 35.6 Å². The van der Waals surface area contributed by atoms with E-state index in [9.17, 15) is 14.3 Å². The summed E-state index contributed by atoms with van der Waals surface area (Å²) < 4.78 is 18.9. The van der Waals surface area contributed by atoms with E-state index in [2.05, 4.69) is 10.2 Å². The Labute approximate surface area is 142 Å². The fourth-order valence-electron chi connectivity index (χ4n) is 2.97. The van der Waals surface area contributed by atoms with E-state index < -0.39 is 6.10 Å². The second-order valence-corrected chi connectivity index (χ2v) is 6.23. The van der Waals surface area contributed by atoms with Crippen molar-refractivity contribution < 1.29 is 19.0 Å². The van der Waals surface area contributed by atoms with Gasteiger partial charge in [-0.1, -0.05) is 18.2 Å². The van der Waals surface area contributed by atoms with Crippen LogP contribution in [0, 0.1) is 11.7 Å². The van der Waals surface area contributed by atoms with Crippen LogP contribution in [0.4, 0.5) is 4.39 Å². The van der Waals surface area contributed by atoms with Crippen LogP contribution >= 0.6 is 0 Å². The summed E-state index contributed by atoms with van der Waals surface area (Å²) in [6.07, 6.45) is 1.02. The highest BCUT2D eigenvalue weighted by molar-refractivity contribution is 5.78. The molecule has 5 nitrogen and oxygen atoms in total. The van der Waals surface area contributed by atoms with Gasteiger partial charge in [0.05, 0.1) is 19.3 Å². The Morgan fingerprint density at radius 1 is 1.42 bits per heavy atom. The highest BCUT2D eigenvalue weighted by Gasteiger charge is 2.25. The van der Waals surface area contributed by atoms with E-state index in [1.165, 1.54) is 6.07 Å². The quantitative estimate of drug-likeness (QED) is 0.755. The van der Waals surface area contributed by atoms with Crippen molar-refractivity contribution in [3.8, 4) is 0 Å². The summed E-state index contributed by atoms with van der Waals surface area (Å²) in [5.74, 6) is -0.0824. The number of ether oxygens (including phenoxy) is 1. The number of aliphatic hydroxyl groups is 1. The zero-order valence-corrected chi connectivity index (χ0v) is 14.2. The van der Waals surface area contributed by atoms with Gasteiger partial charge in [-0.05, 0) is 38.9 Å². The number of rotatable bonds is 8. The molecule has 2 N–H and O–H groups in total. The number of carbonyl (C=O) groups is 1. The van der Waals surface area contributed by atoms with Crippen LogP contribution in [0.3, 0.4) is 0 Å². The maximum absolute atomic E-state index is 13.5. The topological polar surface area (TPSA) is 61.8 Å². The Kier molecular flexibility index (Phi) is 7.62. The molecule has 1 aromatic carbocycles. The molecule has 1 aliphatic rings.